The minimum Gasteiger partial charge on any atom is -0.211 e. The van der Waals surface area contributed by atoms with Crippen LogP contribution in [0.15, 0.2) is 9.98 Å². The fourth-order valence-electron chi connectivity index (χ4n) is 3.72. The van der Waals surface area contributed by atoms with Crippen molar-refractivity contribution in [2.45, 2.75) is 57.5 Å². The highest BCUT2D eigenvalue weighted by molar-refractivity contribution is 5.34. The standard InChI is InChI=1S/C13H18N2O2/c1-2-11(14-8-16)6-13-4-3-10(5-13)12(7-13)15-9-17/h10-12H,2-7H2,1H3. The second kappa shape index (κ2) is 4.95. The summed E-state index contributed by atoms with van der Waals surface area (Å²) in [4.78, 5) is 28.5. The largest absolute Gasteiger partial charge is 0.235 e. The van der Waals surface area contributed by atoms with Gasteiger partial charge in [0.2, 0.25) is 12.2 Å². The molecule has 2 saturated carbocycles. The predicted octanol–water partition coefficient (Wildman–Crippen LogP) is 2.39. The van der Waals surface area contributed by atoms with Gasteiger partial charge >= 0.3 is 0 Å². The normalized spacial score (nSPS) is 36.1. The van der Waals surface area contributed by atoms with Crippen molar-refractivity contribution in [1.29, 1.82) is 0 Å². The molecule has 0 N–H and O–H groups in total. The van der Waals surface area contributed by atoms with Crippen molar-refractivity contribution >= 4 is 12.2 Å². The number of hydrogen-bond acceptors (Lipinski definition) is 4. The summed E-state index contributed by atoms with van der Waals surface area (Å²) in [5.41, 5.74) is 0.261. The van der Waals surface area contributed by atoms with Gasteiger partial charge in [-0.3, -0.25) is 0 Å². The van der Waals surface area contributed by atoms with E-state index in [1.807, 2.05) is 6.92 Å². The third kappa shape index (κ3) is 2.38. The van der Waals surface area contributed by atoms with Crippen LogP contribution in [0.2, 0.25) is 0 Å². The van der Waals surface area contributed by atoms with Crippen molar-refractivity contribution in [3.8, 4) is 0 Å². The topological polar surface area (TPSA) is 58.9 Å². The van der Waals surface area contributed by atoms with Gasteiger partial charge in [0.1, 0.15) is 0 Å². The summed E-state index contributed by atoms with van der Waals surface area (Å²) >= 11 is 0. The van der Waals surface area contributed by atoms with E-state index in [1.54, 1.807) is 12.2 Å². The number of nitrogens with zero attached hydrogens (tertiary/aromatic N) is 2. The zero-order valence-corrected chi connectivity index (χ0v) is 10.2. The molecular formula is C13H18N2O2. The minimum absolute atomic E-state index is 0.0882. The van der Waals surface area contributed by atoms with Crippen LogP contribution in [-0.2, 0) is 9.59 Å². The van der Waals surface area contributed by atoms with Gasteiger partial charge in [-0.25, -0.2) is 19.6 Å². The summed E-state index contributed by atoms with van der Waals surface area (Å²) in [6.45, 7) is 2.05. The molecule has 2 aliphatic rings. The molecule has 0 amide bonds. The molecule has 92 valence electrons. The Balaban J connectivity index is 2.06. The summed E-state index contributed by atoms with van der Waals surface area (Å²) in [5.74, 6) is 0.550. The number of rotatable bonds is 5. The van der Waals surface area contributed by atoms with E-state index < -0.39 is 0 Å². The van der Waals surface area contributed by atoms with Crippen molar-refractivity contribution in [3.63, 3.8) is 0 Å². The van der Waals surface area contributed by atoms with Crippen LogP contribution >= 0.6 is 0 Å². The van der Waals surface area contributed by atoms with Gasteiger partial charge in [-0.15, -0.1) is 0 Å². The average molecular weight is 234 g/mol. The Kier molecular flexibility index (Phi) is 3.56. The third-order valence-corrected chi connectivity index (χ3v) is 4.52. The highest BCUT2D eigenvalue weighted by atomic mass is 16.1. The first-order chi connectivity index (χ1) is 8.23. The fourth-order valence-corrected chi connectivity index (χ4v) is 3.72. The van der Waals surface area contributed by atoms with Gasteiger partial charge in [0.15, 0.2) is 0 Å². The molecule has 2 rings (SSSR count). The fraction of sp³-hybridized carbons (Fsp3) is 0.846. The number of hydrogen-bond donors (Lipinski definition) is 0. The van der Waals surface area contributed by atoms with Crippen LogP contribution in [0.4, 0.5) is 0 Å². The molecule has 4 nitrogen and oxygen atoms in total. The first-order valence-corrected chi connectivity index (χ1v) is 6.37. The molecule has 0 radical (unpaired) electrons. The van der Waals surface area contributed by atoms with E-state index in [-0.39, 0.29) is 17.5 Å². The molecule has 4 atom stereocenters. The quantitative estimate of drug-likeness (QED) is 0.541. The van der Waals surface area contributed by atoms with Gasteiger partial charge in [-0.1, -0.05) is 6.92 Å². The maximum atomic E-state index is 10.4. The predicted molar refractivity (Wildman–Crippen MR) is 63.1 cm³/mol. The first-order valence-electron chi connectivity index (χ1n) is 6.37. The Hall–Kier alpha value is -1.24. The number of aliphatic imine (C=N–C) groups is 2. The van der Waals surface area contributed by atoms with Gasteiger partial charge in [-0.05, 0) is 49.9 Å². The Morgan fingerprint density at radius 3 is 2.82 bits per heavy atom. The van der Waals surface area contributed by atoms with Crippen LogP contribution in [-0.4, -0.2) is 24.2 Å². The lowest BCUT2D eigenvalue weighted by molar-refractivity contribution is 0.237. The maximum Gasteiger partial charge on any atom is 0.235 e. The number of fused-ring (bicyclic) bond motifs is 2. The van der Waals surface area contributed by atoms with E-state index in [0.717, 1.165) is 32.1 Å². The van der Waals surface area contributed by atoms with Crippen molar-refractivity contribution in [1.82, 2.24) is 0 Å². The third-order valence-electron chi connectivity index (χ3n) is 4.52. The van der Waals surface area contributed by atoms with Crippen molar-refractivity contribution < 1.29 is 9.59 Å². The molecule has 0 heterocycles. The Morgan fingerprint density at radius 2 is 2.18 bits per heavy atom. The lowest BCUT2D eigenvalue weighted by Gasteiger charge is -2.30. The molecule has 17 heavy (non-hydrogen) atoms. The summed E-state index contributed by atoms with van der Waals surface area (Å²) in [7, 11) is 0. The van der Waals surface area contributed by atoms with Crippen LogP contribution in [0.25, 0.3) is 0 Å². The Bertz CT molecular complexity index is 383. The van der Waals surface area contributed by atoms with Crippen LogP contribution in [0.3, 0.4) is 0 Å². The van der Waals surface area contributed by atoms with Crippen molar-refractivity contribution in [3.05, 3.63) is 0 Å². The monoisotopic (exact) mass is 234 g/mol. The zero-order valence-electron chi connectivity index (χ0n) is 10.2. The molecule has 4 unspecified atom stereocenters. The Labute approximate surface area is 101 Å². The smallest absolute Gasteiger partial charge is 0.211 e. The van der Waals surface area contributed by atoms with E-state index in [0.29, 0.717) is 5.92 Å². The lowest BCUT2D eigenvalue weighted by atomic mass is 9.77. The summed E-state index contributed by atoms with van der Waals surface area (Å²) in [6.07, 6.45) is 9.63. The molecule has 0 aliphatic heterocycles. The van der Waals surface area contributed by atoms with Crippen LogP contribution in [0, 0.1) is 11.3 Å². The first kappa shape index (κ1) is 12.2. The van der Waals surface area contributed by atoms with Gasteiger partial charge in [0, 0.05) is 0 Å². The van der Waals surface area contributed by atoms with Gasteiger partial charge in [0.05, 0.1) is 12.1 Å². The molecule has 2 bridgehead atoms. The molecule has 2 aliphatic carbocycles. The van der Waals surface area contributed by atoms with E-state index >= 15 is 0 Å². The van der Waals surface area contributed by atoms with E-state index in [2.05, 4.69) is 9.98 Å². The summed E-state index contributed by atoms with van der Waals surface area (Å²) in [6, 6.07) is 0.254. The molecule has 0 spiro atoms. The number of carbonyl (C=O) groups excluding carboxylic acids is 2. The highest BCUT2D eigenvalue weighted by Gasteiger charge is 2.51. The Morgan fingerprint density at radius 1 is 1.35 bits per heavy atom. The second-order valence-electron chi connectivity index (χ2n) is 5.48. The molecular weight excluding hydrogens is 216 g/mol. The zero-order chi connectivity index (χ0) is 12.3. The minimum atomic E-state index is 0.0882. The summed E-state index contributed by atoms with van der Waals surface area (Å²) < 4.78 is 0. The molecule has 0 aromatic rings. The van der Waals surface area contributed by atoms with E-state index in [9.17, 15) is 9.59 Å². The molecule has 0 aromatic heterocycles. The molecule has 0 saturated heterocycles. The molecule has 2 fully saturated rings. The van der Waals surface area contributed by atoms with E-state index in [4.69, 9.17) is 0 Å². The lowest BCUT2D eigenvalue weighted by Crippen LogP contribution is -2.24. The average Bonchev–Trinajstić information content (AvgIpc) is 2.86. The molecule has 0 aromatic carbocycles. The summed E-state index contributed by atoms with van der Waals surface area (Å²) in [5, 5.41) is 0. The SMILES string of the molecule is CCC(CC12CCC(C1)C(N=C=O)C2)N=C=O. The maximum absolute atomic E-state index is 10.4. The van der Waals surface area contributed by atoms with Gasteiger partial charge in [-0.2, -0.15) is 0 Å². The van der Waals surface area contributed by atoms with Crippen LogP contribution in [0.5, 0.6) is 0 Å². The van der Waals surface area contributed by atoms with Crippen LogP contribution in [0.1, 0.15) is 45.4 Å². The van der Waals surface area contributed by atoms with Crippen LogP contribution < -0.4 is 0 Å². The second-order valence-corrected chi connectivity index (χ2v) is 5.48. The van der Waals surface area contributed by atoms with Crippen molar-refractivity contribution in [2.75, 3.05) is 0 Å². The highest BCUT2D eigenvalue weighted by Crippen LogP contribution is 2.57. The van der Waals surface area contributed by atoms with Gasteiger partial charge < -0.3 is 0 Å². The van der Waals surface area contributed by atoms with Crippen molar-refractivity contribution in [2.24, 2.45) is 21.3 Å². The molecule has 4 heteroatoms. The van der Waals surface area contributed by atoms with E-state index in [1.165, 1.54) is 6.42 Å². The number of isocyanates is 2. The van der Waals surface area contributed by atoms with Gasteiger partial charge in [0.25, 0.3) is 0 Å².